The highest BCUT2D eigenvalue weighted by molar-refractivity contribution is 5.67. The molecule has 0 aliphatic carbocycles. The second-order valence-electron chi connectivity index (χ2n) is 5.08. The molecule has 0 bridgehead atoms. The molecule has 5 heteroatoms. The lowest BCUT2D eigenvalue weighted by Gasteiger charge is -2.33. The van der Waals surface area contributed by atoms with Gasteiger partial charge in [0, 0.05) is 7.05 Å². The molecule has 2 heterocycles. The minimum Gasteiger partial charge on any atom is -0.445 e. The van der Waals surface area contributed by atoms with Crippen molar-refractivity contribution < 1.29 is 14.3 Å². The van der Waals surface area contributed by atoms with Gasteiger partial charge < -0.3 is 19.7 Å². The van der Waals surface area contributed by atoms with Gasteiger partial charge in [0.15, 0.2) is 0 Å². The molecule has 0 aromatic heterocycles. The maximum atomic E-state index is 11.7. The van der Waals surface area contributed by atoms with E-state index in [4.69, 9.17) is 9.47 Å². The predicted octanol–water partition coefficient (Wildman–Crippen LogP) is 1.15. The van der Waals surface area contributed by atoms with Crippen molar-refractivity contribution in [3.8, 4) is 0 Å². The molecule has 1 amide bonds. The predicted molar refractivity (Wildman–Crippen MR) is 68.5 cm³/mol. The standard InChI is InChI=1S/C13H22N2O3/c1-3-8-17-12(16)15(2)11-9-13(18-10-11)4-6-14-7-5-13/h3,11,14H,1,4-10H2,2H3/t11-/m1/s1. The summed E-state index contributed by atoms with van der Waals surface area (Å²) in [6, 6.07) is 0.125. The topological polar surface area (TPSA) is 50.8 Å². The summed E-state index contributed by atoms with van der Waals surface area (Å²) < 4.78 is 11.0. The van der Waals surface area contributed by atoms with Crippen molar-refractivity contribution in [2.24, 2.45) is 0 Å². The minimum atomic E-state index is -0.297. The molecular formula is C13H22N2O3. The first-order valence-electron chi connectivity index (χ1n) is 6.52. The van der Waals surface area contributed by atoms with Gasteiger partial charge in [-0.3, -0.25) is 0 Å². The van der Waals surface area contributed by atoms with Crippen LogP contribution in [0, 0.1) is 0 Å². The number of carbonyl (C=O) groups excluding carboxylic acids is 1. The van der Waals surface area contributed by atoms with Crippen LogP contribution in [-0.4, -0.2) is 56.0 Å². The quantitative estimate of drug-likeness (QED) is 0.768. The summed E-state index contributed by atoms with van der Waals surface area (Å²) in [5.41, 5.74) is -0.0249. The molecule has 1 spiro atoms. The summed E-state index contributed by atoms with van der Waals surface area (Å²) in [6.45, 7) is 6.39. The van der Waals surface area contributed by atoms with Gasteiger partial charge >= 0.3 is 6.09 Å². The van der Waals surface area contributed by atoms with Crippen LogP contribution in [0.2, 0.25) is 0 Å². The number of rotatable bonds is 3. The largest absolute Gasteiger partial charge is 0.445 e. The third kappa shape index (κ3) is 2.84. The number of carbonyl (C=O) groups is 1. The molecule has 1 N–H and O–H groups in total. The Kier molecular flexibility index (Phi) is 4.24. The molecule has 2 fully saturated rings. The van der Waals surface area contributed by atoms with Gasteiger partial charge in [-0.25, -0.2) is 4.79 Å². The van der Waals surface area contributed by atoms with E-state index in [1.165, 1.54) is 0 Å². The summed E-state index contributed by atoms with van der Waals surface area (Å²) in [5.74, 6) is 0. The number of amides is 1. The Bertz CT molecular complexity index is 313. The fourth-order valence-electron chi connectivity index (χ4n) is 2.68. The first-order chi connectivity index (χ1) is 8.67. The Morgan fingerprint density at radius 2 is 2.33 bits per heavy atom. The summed E-state index contributed by atoms with van der Waals surface area (Å²) in [7, 11) is 1.78. The molecule has 0 saturated carbocycles. The zero-order chi connectivity index (χ0) is 13.0. The van der Waals surface area contributed by atoms with E-state index in [1.807, 2.05) is 0 Å². The molecule has 0 unspecified atom stereocenters. The van der Waals surface area contributed by atoms with E-state index in [0.29, 0.717) is 6.61 Å². The molecule has 0 radical (unpaired) electrons. The van der Waals surface area contributed by atoms with E-state index >= 15 is 0 Å². The molecule has 0 aromatic rings. The maximum Gasteiger partial charge on any atom is 0.410 e. The van der Waals surface area contributed by atoms with Gasteiger partial charge in [-0.1, -0.05) is 12.7 Å². The van der Waals surface area contributed by atoms with Crippen molar-refractivity contribution in [2.45, 2.75) is 30.9 Å². The lowest BCUT2D eigenvalue weighted by atomic mass is 9.88. The van der Waals surface area contributed by atoms with E-state index in [-0.39, 0.29) is 24.3 Å². The zero-order valence-corrected chi connectivity index (χ0v) is 11.0. The monoisotopic (exact) mass is 254 g/mol. The lowest BCUT2D eigenvalue weighted by molar-refractivity contribution is -0.0200. The molecule has 18 heavy (non-hydrogen) atoms. The van der Waals surface area contributed by atoms with E-state index in [1.54, 1.807) is 18.0 Å². The van der Waals surface area contributed by atoms with Crippen molar-refractivity contribution in [3.63, 3.8) is 0 Å². The number of likely N-dealkylation sites (N-methyl/N-ethyl adjacent to an activating group) is 1. The first-order valence-corrected chi connectivity index (χ1v) is 6.52. The highest BCUT2D eigenvalue weighted by atomic mass is 16.6. The molecule has 102 valence electrons. The fraction of sp³-hybridized carbons (Fsp3) is 0.769. The Morgan fingerprint density at radius 1 is 1.61 bits per heavy atom. The molecule has 2 rings (SSSR count). The number of nitrogens with one attached hydrogen (secondary N) is 1. The van der Waals surface area contributed by atoms with Gasteiger partial charge in [0.05, 0.1) is 18.2 Å². The van der Waals surface area contributed by atoms with Crippen LogP contribution in [-0.2, 0) is 9.47 Å². The Balaban J connectivity index is 1.87. The minimum absolute atomic E-state index is 0.0249. The van der Waals surface area contributed by atoms with Crippen molar-refractivity contribution in [1.82, 2.24) is 10.2 Å². The van der Waals surface area contributed by atoms with Crippen LogP contribution in [0.15, 0.2) is 12.7 Å². The van der Waals surface area contributed by atoms with Crippen molar-refractivity contribution in [1.29, 1.82) is 0 Å². The number of piperidine rings is 1. The fourth-order valence-corrected chi connectivity index (χ4v) is 2.68. The van der Waals surface area contributed by atoms with Gasteiger partial charge in [-0.2, -0.15) is 0 Å². The molecular weight excluding hydrogens is 232 g/mol. The average molecular weight is 254 g/mol. The van der Waals surface area contributed by atoms with Crippen LogP contribution >= 0.6 is 0 Å². The Hall–Kier alpha value is -1.07. The SMILES string of the molecule is C=CCOC(=O)N(C)[C@H]1COC2(CCNCC2)C1. The molecule has 2 saturated heterocycles. The van der Waals surface area contributed by atoms with Crippen LogP contribution in [0.3, 0.4) is 0 Å². The van der Waals surface area contributed by atoms with Gasteiger partial charge in [0.2, 0.25) is 0 Å². The van der Waals surface area contributed by atoms with Crippen LogP contribution in [0.4, 0.5) is 4.79 Å². The van der Waals surface area contributed by atoms with Gasteiger partial charge in [-0.05, 0) is 32.4 Å². The van der Waals surface area contributed by atoms with Crippen molar-refractivity contribution in [2.75, 3.05) is 33.4 Å². The first kappa shape index (κ1) is 13.4. The summed E-state index contributed by atoms with van der Waals surface area (Å²) in [4.78, 5) is 13.4. The normalized spacial score (nSPS) is 25.9. The number of nitrogens with zero attached hydrogens (tertiary/aromatic N) is 1. The zero-order valence-electron chi connectivity index (χ0n) is 11.0. The van der Waals surface area contributed by atoms with Gasteiger partial charge in [0.1, 0.15) is 6.61 Å². The molecule has 5 nitrogen and oxygen atoms in total. The van der Waals surface area contributed by atoms with Crippen LogP contribution < -0.4 is 5.32 Å². The Morgan fingerprint density at radius 3 is 3.00 bits per heavy atom. The number of ether oxygens (including phenoxy) is 2. The lowest BCUT2D eigenvalue weighted by Crippen LogP contribution is -2.43. The van der Waals surface area contributed by atoms with E-state index in [0.717, 1.165) is 32.4 Å². The van der Waals surface area contributed by atoms with Gasteiger partial charge in [0.25, 0.3) is 0 Å². The summed E-state index contributed by atoms with van der Waals surface area (Å²) in [6.07, 6.45) is 4.24. The number of hydrogen-bond donors (Lipinski definition) is 1. The summed E-state index contributed by atoms with van der Waals surface area (Å²) in [5, 5.41) is 3.33. The molecule has 2 aliphatic rings. The average Bonchev–Trinajstić information content (AvgIpc) is 2.79. The maximum absolute atomic E-state index is 11.7. The molecule has 2 aliphatic heterocycles. The molecule has 0 aromatic carbocycles. The number of hydrogen-bond acceptors (Lipinski definition) is 4. The second-order valence-corrected chi connectivity index (χ2v) is 5.08. The Labute approximate surface area is 108 Å². The van der Waals surface area contributed by atoms with E-state index in [2.05, 4.69) is 11.9 Å². The van der Waals surface area contributed by atoms with E-state index in [9.17, 15) is 4.79 Å². The summed E-state index contributed by atoms with van der Waals surface area (Å²) >= 11 is 0. The van der Waals surface area contributed by atoms with Crippen LogP contribution in [0.25, 0.3) is 0 Å². The van der Waals surface area contributed by atoms with Gasteiger partial charge in [-0.15, -0.1) is 0 Å². The van der Waals surface area contributed by atoms with Crippen molar-refractivity contribution >= 4 is 6.09 Å². The second kappa shape index (κ2) is 5.71. The highest BCUT2D eigenvalue weighted by Crippen LogP contribution is 2.35. The molecule has 1 atom stereocenters. The van der Waals surface area contributed by atoms with E-state index < -0.39 is 0 Å². The smallest absolute Gasteiger partial charge is 0.410 e. The third-order valence-electron chi connectivity index (χ3n) is 3.86. The van der Waals surface area contributed by atoms with Crippen LogP contribution in [0.1, 0.15) is 19.3 Å². The van der Waals surface area contributed by atoms with Crippen LogP contribution in [0.5, 0.6) is 0 Å². The van der Waals surface area contributed by atoms with Crippen molar-refractivity contribution in [3.05, 3.63) is 12.7 Å². The highest BCUT2D eigenvalue weighted by Gasteiger charge is 2.43. The third-order valence-corrected chi connectivity index (χ3v) is 3.86.